The number of aromatic nitrogens is 3. The molecule has 2 amide bonds. The topological polar surface area (TPSA) is 88.4 Å². The summed E-state index contributed by atoms with van der Waals surface area (Å²) in [6, 6.07) is 13.6. The molecule has 2 aromatic carbocycles. The van der Waals surface area contributed by atoms with Gasteiger partial charge in [-0.15, -0.1) is 16.4 Å². The number of aryl methyl sites for hydroxylation is 1. The number of anilines is 1. The molecule has 9 heteroatoms. The molecular formula is C21H18FN5O2S. The van der Waals surface area contributed by atoms with Crippen molar-refractivity contribution in [3.63, 3.8) is 0 Å². The van der Waals surface area contributed by atoms with Gasteiger partial charge in [0.05, 0.1) is 11.4 Å². The van der Waals surface area contributed by atoms with Gasteiger partial charge in [-0.25, -0.2) is 8.91 Å². The summed E-state index contributed by atoms with van der Waals surface area (Å²) < 4.78 is 15.3. The number of nitrogens with zero attached hydrogens (tertiary/aromatic N) is 3. The largest absolute Gasteiger partial charge is 0.347 e. The van der Waals surface area contributed by atoms with Gasteiger partial charge in [-0.2, -0.15) is 4.98 Å². The van der Waals surface area contributed by atoms with Gasteiger partial charge in [0, 0.05) is 23.9 Å². The Morgan fingerprint density at radius 1 is 1.13 bits per heavy atom. The average Bonchev–Trinajstić information content (AvgIpc) is 3.31. The highest BCUT2D eigenvalue weighted by molar-refractivity contribution is 7.15. The Labute approximate surface area is 175 Å². The van der Waals surface area contributed by atoms with E-state index in [0.717, 1.165) is 21.8 Å². The number of thiazole rings is 1. The van der Waals surface area contributed by atoms with Crippen LogP contribution in [-0.2, 0) is 16.0 Å². The maximum absolute atomic E-state index is 13.6. The molecule has 0 bridgehead atoms. The van der Waals surface area contributed by atoms with Crippen LogP contribution >= 0.6 is 11.3 Å². The van der Waals surface area contributed by atoms with Crippen molar-refractivity contribution in [2.24, 2.45) is 0 Å². The predicted octanol–water partition coefficient (Wildman–Crippen LogP) is 3.20. The maximum atomic E-state index is 13.6. The van der Waals surface area contributed by atoms with Gasteiger partial charge in [0.1, 0.15) is 5.82 Å². The molecular weight excluding hydrogens is 405 g/mol. The third kappa shape index (κ3) is 4.20. The van der Waals surface area contributed by atoms with Crippen LogP contribution in [0.5, 0.6) is 0 Å². The Hall–Kier alpha value is -3.59. The number of amides is 2. The Morgan fingerprint density at radius 2 is 1.97 bits per heavy atom. The summed E-state index contributed by atoms with van der Waals surface area (Å²) >= 11 is 1.46. The standard InChI is InChI=1S/C21H18FN5O2S/c1-13-5-4-6-14(11-13)18-25-21-27(26-18)15(12-30-21)9-10-23-19(28)20(29)24-17-8-3-2-7-16(17)22/h2-8,11-12H,9-10H2,1H3,(H,23,28)(H,24,29). The van der Waals surface area contributed by atoms with Crippen molar-refractivity contribution < 1.29 is 14.0 Å². The van der Waals surface area contributed by atoms with Gasteiger partial charge in [-0.05, 0) is 25.1 Å². The number of para-hydroxylation sites is 1. The fraction of sp³-hybridized carbons (Fsp3) is 0.143. The van der Waals surface area contributed by atoms with Crippen LogP contribution in [0, 0.1) is 12.7 Å². The van der Waals surface area contributed by atoms with Crippen molar-refractivity contribution in [2.75, 3.05) is 11.9 Å². The molecule has 0 saturated carbocycles. The number of nitrogens with one attached hydrogen (secondary N) is 2. The van der Waals surface area contributed by atoms with Crippen LogP contribution in [0.3, 0.4) is 0 Å². The van der Waals surface area contributed by atoms with Crippen LogP contribution in [0.1, 0.15) is 11.3 Å². The van der Waals surface area contributed by atoms with E-state index in [1.807, 2.05) is 36.6 Å². The number of carbonyl (C=O) groups is 2. The Morgan fingerprint density at radius 3 is 2.77 bits per heavy atom. The molecule has 2 aromatic heterocycles. The third-order valence-electron chi connectivity index (χ3n) is 4.42. The zero-order valence-corrected chi connectivity index (χ0v) is 16.9. The molecule has 0 fully saturated rings. The minimum atomic E-state index is -0.918. The summed E-state index contributed by atoms with van der Waals surface area (Å²) in [5, 5.41) is 11.3. The second-order valence-corrected chi connectivity index (χ2v) is 7.50. The molecule has 4 rings (SSSR count). The van der Waals surface area contributed by atoms with Gasteiger partial charge in [0.15, 0.2) is 5.82 Å². The monoisotopic (exact) mass is 423 g/mol. The number of carbonyl (C=O) groups excluding carboxylic acids is 2. The van der Waals surface area contributed by atoms with E-state index in [-0.39, 0.29) is 12.2 Å². The summed E-state index contributed by atoms with van der Waals surface area (Å²) in [4.78, 5) is 29.2. The number of rotatable bonds is 5. The van der Waals surface area contributed by atoms with Crippen molar-refractivity contribution >= 4 is 33.8 Å². The molecule has 0 spiro atoms. The Bertz CT molecular complexity index is 1230. The van der Waals surface area contributed by atoms with E-state index in [9.17, 15) is 14.0 Å². The molecule has 7 nitrogen and oxygen atoms in total. The molecule has 0 unspecified atom stereocenters. The third-order valence-corrected chi connectivity index (χ3v) is 5.29. The van der Waals surface area contributed by atoms with Gasteiger partial charge in [0.25, 0.3) is 0 Å². The number of halogens is 1. The van der Waals surface area contributed by atoms with E-state index in [2.05, 4.69) is 20.7 Å². The van der Waals surface area contributed by atoms with Crippen LogP contribution in [0.25, 0.3) is 16.3 Å². The van der Waals surface area contributed by atoms with Crippen molar-refractivity contribution in [1.29, 1.82) is 0 Å². The van der Waals surface area contributed by atoms with E-state index in [1.165, 1.54) is 29.5 Å². The van der Waals surface area contributed by atoms with Crippen LogP contribution in [0.2, 0.25) is 0 Å². The summed E-state index contributed by atoms with van der Waals surface area (Å²) in [5.41, 5.74) is 2.90. The second-order valence-electron chi connectivity index (χ2n) is 6.67. The van der Waals surface area contributed by atoms with Gasteiger partial charge in [-0.3, -0.25) is 9.59 Å². The normalized spacial score (nSPS) is 10.9. The molecule has 0 atom stereocenters. The summed E-state index contributed by atoms with van der Waals surface area (Å²) in [6.07, 6.45) is 0.468. The highest BCUT2D eigenvalue weighted by Crippen LogP contribution is 2.21. The fourth-order valence-corrected chi connectivity index (χ4v) is 3.79. The first kappa shape index (κ1) is 19.7. The summed E-state index contributed by atoms with van der Waals surface area (Å²) in [6.45, 7) is 2.24. The minimum Gasteiger partial charge on any atom is -0.347 e. The van der Waals surface area contributed by atoms with E-state index in [1.54, 1.807) is 10.6 Å². The lowest BCUT2D eigenvalue weighted by molar-refractivity contribution is -0.136. The molecule has 0 saturated heterocycles. The molecule has 2 N–H and O–H groups in total. The zero-order chi connectivity index (χ0) is 21.1. The molecule has 0 aliphatic heterocycles. The lowest BCUT2D eigenvalue weighted by Crippen LogP contribution is -2.36. The Kier molecular flexibility index (Phi) is 5.53. The van der Waals surface area contributed by atoms with Crippen molar-refractivity contribution in [3.8, 4) is 11.4 Å². The number of hydrogen-bond donors (Lipinski definition) is 2. The van der Waals surface area contributed by atoms with Crippen LogP contribution < -0.4 is 10.6 Å². The van der Waals surface area contributed by atoms with Gasteiger partial charge in [0.2, 0.25) is 4.96 Å². The van der Waals surface area contributed by atoms with Crippen LogP contribution in [0.4, 0.5) is 10.1 Å². The van der Waals surface area contributed by atoms with Crippen molar-refractivity contribution in [3.05, 3.63) is 71.0 Å². The summed E-state index contributed by atoms with van der Waals surface area (Å²) in [7, 11) is 0. The first-order valence-corrected chi connectivity index (χ1v) is 10.1. The highest BCUT2D eigenvalue weighted by atomic mass is 32.1. The van der Waals surface area contributed by atoms with Crippen LogP contribution in [-0.4, -0.2) is 33.0 Å². The Balaban J connectivity index is 1.37. The fourth-order valence-electron chi connectivity index (χ4n) is 2.93. The van der Waals surface area contributed by atoms with Gasteiger partial charge in [-0.1, -0.05) is 35.9 Å². The molecule has 0 aliphatic rings. The van der Waals surface area contributed by atoms with Crippen molar-refractivity contribution in [1.82, 2.24) is 19.9 Å². The first-order chi connectivity index (χ1) is 14.5. The predicted molar refractivity (Wildman–Crippen MR) is 113 cm³/mol. The average molecular weight is 423 g/mol. The maximum Gasteiger partial charge on any atom is 0.313 e. The lowest BCUT2D eigenvalue weighted by Gasteiger charge is -2.07. The first-order valence-electron chi connectivity index (χ1n) is 9.25. The molecule has 2 heterocycles. The molecule has 30 heavy (non-hydrogen) atoms. The van der Waals surface area contributed by atoms with Crippen molar-refractivity contribution in [2.45, 2.75) is 13.3 Å². The number of hydrogen-bond acceptors (Lipinski definition) is 5. The molecule has 152 valence electrons. The van der Waals surface area contributed by atoms with Gasteiger partial charge >= 0.3 is 11.8 Å². The van der Waals surface area contributed by atoms with E-state index in [4.69, 9.17) is 0 Å². The minimum absolute atomic E-state index is 0.0384. The number of benzene rings is 2. The van der Waals surface area contributed by atoms with E-state index >= 15 is 0 Å². The van der Waals surface area contributed by atoms with E-state index < -0.39 is 17.6 Å². The SMILES string of the molecule is Cc1cccc(-c2nc3scc(CCNC(=O)C(=O)Nc4ccccc4F)n3n2)c1. The zero-order valence-electron chi connectivity index (χ0n) is 16.1. The molecule has 0 aliphatic carbocycles. The lowest BCUT2D eigenvalue weighted by atomic mass is 10.1. The number of fused-ring (bicyclic) bond motifs is 1. The highest BCUT2D eigenvalue weighted by Gasteiger charge is 2.16. The molecule has 4 aromatic rings. The van der Waals surface area contributed by atoms with E-state index in [0.29, 0.717) is 12.2 Å². The smallest absolute Gasteiger partial charge is 0.313 e. The molecule has 0 radical (unpaired) electrons. The van der Waals surface area contributed by atoms with Gasteiger partial charge < -0.3 is 10.6 Å². The second kappa shape index (κ2) is 8.42. The van der Waals surface area contributed by atoms with Crippen LogP contribution in [0.15, 0.2) is 53.9 Å². The summed E-state index contributed by atoms with van der Waals surface area (Å²) in [5.74, 6) is -1.71. The quantitative estimate of drug-likeness (QED) is 0.483.